The Bertz CT molecular complexity index is 925. The van der Waals surface area contributed by atoms with Gasteiger partial charge in [0.1, 0.15) is 0 Å². The predicted molar refractivity (Wildman–Crippen MR) is 110 cm³/mol. The van der Waals surface area contributed by atoms with Gasteiger partial charge in [-0.2, -0.15) is 0 Å². The summed E-state index contributed by atoms with van der Waals surface area (Å²) in [7, 11) is -3.35. The van der Waals surface area contributed by atoms with Gasteiger partial charge >= 0.3 is 0 Å². The van der Waals surface area contributed by atoms with E-state index in [0.717, 1.165) is 17.6 Å². The molecule has 1 aromatic carbocycles. The van der Waals surface area contributed by atoms with Crippen molar-refractivity contribution >= 4 is 38.9 Å². The largest absolute Gasteiger partial charge is 0.341 e. The van der Waals surface area contributed by atoms with Crippen LogP contribution in [0.3, 0.4) is 0 Å². The summed E-state index contributed by atoms with van der Waals surface area (Å²) in [5.74, 6) is -0.0218. The predicted octanol–water partition coefficient (Wildman–Crippen LogP) is 2.04. The maximum atomic E-state index is 12.8. The molecule has 9 heteroatoms. The number of hydrogen-bond acceptors (Lipinski definition) is 5. The molecule has 1 N–H and O–H groups in total. The first-order valence-corrected chi connectivity index (χ1v) is 11.8. The molecular weight excluding hydrogens is 398 g/mol. The number of hydrogen-bond donors (Lipinski definition) is 1. The Balaban J connectivity index is 1.58. The summed E-state index contributed by atoms with van der Waals surface area (Å²) in [4.78, 5) is 29.9. The van der Waals surface area contributed by atoms with Crippen LogP contribution in [0.4, 0.5) is 5.69 Å². The van der Waals surface area contributed by atoms with Crippen LogP contribution in [-0.2, 0) is 21.2 Å². The molecule has 2 aromatic rings. The molecule has 0 bridgehead atoms. The molecule has 28 heavy (non-hydrogen) atoms. The summed E-state index contributed by atoms with van der Waals surface area (Å²) in [5, 5.41) is 1.96. The first-order chi connectivity index (χ1) is 13.3. The molecule has 1 aromatic heterocycles. The summed E-state index contributed by atoms with van der Waals surface area (Å²) >= 11 is 1.57. The van der Waals surface area contributed by atoms with Crippen LogP contribution >= 0.6 is 11.3 Å². The lowest BCUT2D eigenvalue weighted by atomic mass is 10.2. The zero-order valence-corrected chi connectivity index (χ0v) is 17.3. The minimum Gasteiger partial charge on any atom is -0.341 e. The smallest absolute Gasteiger partial charge is 0.253 e. The minimum atomic E-state index is -3.35. The molecule has 150 valence electrons. The molecule has 0 aliphatic carbocycles. The number of carbonyl (C=O) groups excluding carboxylic acids is 2. The quantitative estimate of drug-likeness (QED) is 0.800. The number of thiophene rings is 1. The highest BCUT2D eigenvalue weighted by Crippen LogP contribution is 2.15. The third kappa shape index (κ3) is 5.56. The molecule has 7 nitrogen and oxygen atoms in total. The highest BCUT2D eigenvalue weighted by Gasteiger charge is 2.23. The topological polar surface area (TPSA) is 86.8 Å². The Kier molecular flexibility index (Phi) is 6.35. The maximum Gasteiger partial charge on any atom is 0.253 e. The second kappa shape index (κ2) is 8.74. The Morgan fingerprint density at radius 2 is 1.71 bits per heavy atom. The molecule has 1 aliphatic rings. The number of nitrogens with one attached hydrogen (secondary N) is 1. The molecule has 2 amide bonds. The van der Waals surface area contributed by atoms with E-state index in [1.807, 2.05) is 22.4 Å². The summed E-state index contributed by atoms with van der Waals surface area (Å²) in [6.07, 6.45) is 2.21. The third-order valence-electron chi connectivity index (χ3n) is 4.48. The van der Waals surface area contributed by atoms with Crippen molar-refractivity contribution in [1.82, 2.24) is 9.80 Å². The second-order valence-electron chi connectivity index (χ2n) is 6.73. The van der Waals surface area contributed by atoms with E-state index in [1.54, 1.807) is 40.5 Å². The molecule has 2 heterocycles. The molecule has 0 spiro atoms. The Morgan fingerprint density at radius 1 is 1.04 bits per heavy atom. The molecule has 1 fully saturated rings. The molecule has 1 aliphatic heterocycles. The van der Waals surface area contributed by atoms with Gasteiger partial charge in [-0.05, 0) is 42.1 Å². The van der Waals surface area contributed by atoms with E-state index >= 15 is 0 Å². The van der Waals surface area contributed by atoms with E-state index in [1.165, 1.54) is 0 Å². The fourth-order valence-corrected chi connectivity index (χ4v) is 4.38. The van der Waals surface area contributed by atoms with Crippen LogP contribution in [0.1, 0.15) is 21.7 Å². The molecule has 3 rings (SSSR count). The van der Waals surface area contributed by atoms with Crippen molar-refractivity contribution in [3.8, 4) is 0 Å². The fourth-order valence-electron chi connectivity index (χ4n) is 3.12. The second-order valence-corrected chi connectivity index (χ2v) is 9.51. The number of sulfonamides is 1. The molecule has 0 unspecified atom stereocenters. The van der Waals surface area contributed by atoms with Crippen LogP contribution in [0.2, 0.25) is 0 Å². The van der Waals surface area contributed by atoms with Crippen LogP contribution in [0, 0.1) is 0 Å². The lowest BCUT2D eigenvalue weighted by Crippen LogP contribution is -2.37. The monoisotopic (exact) mass is 421 g/mol. The van der Waals surface area contributed by atoms with Gasteiger partial charge in [0.25, 0.3) is 5.91 Å². The van der Waals surface area contributed by atoms with Crippen LogP contribution in [0.25, 0.3) is 0 Å². The normalized spacial score (nSPS) is 15.2. The maximum absolute atomic E-state index is 12.8. The minimum absolute atomic E-state index is 0.0907. The van der Waals surface area contributed by atoms with Crippen LogP contribution < -0.4 is 4.72 Å². The zero-order valence-electron chi connectivity index (χ0n) is 15.6. The fraction of sp³-hybridized carbons (Fsp3) is 0.368. The summed E-state index contributed by atoms with van der Waals surface area (Å²) in [5.41, 5.74) is 0.915. The van der Waals surface area contributed by atoms with Gasteiger partial charge in [-0.25, -0.2) is 8.42 Å². The summed E-state index contributed by atoms with van der Waals surface area (Å²) in [6.45, 7) is 2.23. The van der Waals surface area contributed by atoms with Crippen molar-refractivity contribution in [2.45, 2.75) is 12.8 Å². The van der Waals surface area contributed by atoms with Gasteiger partial charge in [0.05, 0.1) is 12.7 Å². The van der Waals surface area contributed by atoms with E-state index < -0.39 is 10.0 Å². The molecule has 1 saturated heterocycles. The highest BCUT2D eigenvalue weighted by atomic mass is 32.2. The van der Waals surface area contributed by atoms with Crippen molar-refractivity contribution in [2.75, 3.05) is 37.2 Å². The molecule has 0 saturated carbocycles. The SMILES string of the molecule is CS(=O)(=O)Nc1ccc(C(=O)N2CCCN(C(=O)Cc3cccs3)CC2)cc1. The zero-order chi connectivity index (χ0) is 20.1. The summed E-state index contributed by atoms with van der Waals surface area (Å²) in [6, 6.07) is 10.3. The Labute approximate surface area is 169 Å². The standard InChI is InChI=1S/C19H23N3O4S2/c1-28(25,26)20-16-7-5-15(6-8-16)19(24)22-10-3-9-21(11-12-22)18(23)14-17-4-2-13-27-17/h2,4-8,13,20H,3,9-12,14H2,1H3. The first-order valence-electron chi connectivity index (χ1n) is 8.99. The van der Waals surface area contributed by atoms with Gasteiger partial charge < -0.3 is 9.80 Å². The van der Waals surface area contributed by atoms with Crippen LogP contribution in [0.5, 0.6) is 0 Å². The van der Waals surface area contributed by atoms with Crippen molar-refractivity contribution in [1.29, 1.82) is 0 Å². The molecular formula is C19H23N3O4S2. The van der Waals surface area contributed by atoms with Gasteiger partial charge in [0, 0.05) is 42.3 Å². The average Bonchev–Trinajstić information content (AvgIpc) is 3.01. The highest BCUT2D eigenvalue weighted by molar-refractivity contribution is 7.92. The molecule has 0 atom stereocenters. The van der Waals surface area contributed by atoms with Crippen LogP contribution in [-0.4, -0.2) is 62.5 Å². The Hall–Kier alpha value is -2.39. The van der Waals surface area contributed by atoms with Gasteiger partial charge in [-0.3, -0.25) is 14.3 Å². The van der Waals surface area contributed by atoms with E-state index in [9.17, 15) is 18.0 Å². The van der Waals surface area contributed by atoms with E-state index in [4.69, 9.17) is 0 Å². The lowest BCUT2D eigenvalue weighted by molar-refractivity contribution is -0.130. The van der Waals surface area contributed by atoms with Crippen molar-refractivity contribution < 1.29 is 18.0 Å². The molecule has 0 radical (unpaired) electrons. The number of anilines is 1. The number of nitrogens with zero attached hydrogens (tertiary/aromatic N) is 2. The van der Waals surface area contributed by atoms with Gasteiger partial charge in [-0.15, -0.1) is 11.3 Å². The van der Waals surface area contributed by atoms with Crippen molar-refractivity contribution in [3.63, 3.8) is 0 Å². The van der Waals surface area contributed by atoms with Crippen LogP contribution in [0.15, 0.2) is 41.8 Å². The number of carbonyl (C=O) groups is 2. The Morgan fingerprint density at radius 3 is 2.36 bits per heavy atom. The van der Waals surface area contributed by atoms with Crippen molar-refractivity contribution in [3.05, 3.63) is 52.2 Å². The average molecular weight is 422 g/mol. The van der Waals surface area contributed by atoms with Crippen molar-refractivity contribution in [2.24, 2.45) is 0 Å². The van der Waals surface area contributed by atoms with Gasteiger partial charge in [0.15, 0.2) is 0 Å². The number of amides is 2. The number of benzene rings is 1. The first kappa shape index (κ1) is 20.3. The lowest BCUT2D eigenvalue weighted by Gasteiger charge is -2.22. The van der Waals surface area contributed by atoms with Gasteiger partial charge in [0.2, 0.25) is 15.9 Å². The van der Waals surface area contributed by atoms with E-state index in [2.05, 4.69) is 4.72 Å². The van der Waals surface area contributed by atoms with E-state index in [0.29, 0.717) is 43.9 Å². The van der Waals surface area contributed by atoms with E-state index in [-0.39, 0.29) is 11.8 Å². The van der Waals surface area contributed by atoms with Gasteiger partial charge in [-0.1, -0.05) is 6.07 Å². The number of rotatable bonds is 5. The summed E-state index contributed by atoms with van der Waals surface area (Å²) < 4.78 is 24.9. The third-order valence-corrected chi connectivity index (χ3v) is 5.96.